The molecule has 1 atom stereocenters. The molecular formula is C20H23FN2O4. The van der Waals surface area contributed by atoms with Gasteiger partial charge in [-0.1, -0.05) is 0 Å². The Bertz CT molecular complexity index is 746. The van der Waals surface area contributed by atoms with Crippen molar-refractivity contribution in [3.05, 3.63) is 54.2 Å². The van der Waals surface area contributed by atoms with E-state index in [0.717, 1.165) is 19.3 Å². The fraction of sp³-hybridized carbons (Fsp3) is 0.400. The molecule has 1 fully saturated rings. The van der Waals surface area contributed by atoms with Crippen molar-refractivity contribution in [2.24, 2.45) is 0 Å². The first-order chi connectivity index (χ1) is 13.1. The molecule has 0 saturated carbocycles. The third kappa shape index (κ3) is 5.09. The maximum Gasteiger partial charge on any atom is 0.290 e. The summed E-state index contributed by atoms with van der Waals surface area (Å²) >= 11 is 0. The monoisotopic (exact) mass is 374 g/mol. The Morgan fingerprint density at radius 1 is 1.22 bits per heavy atom. The lowest BCUT2D eigenvalue weighted by atomic mass is 10.2. The van der Waals surface area contributed by atoms with Gasteiger partial charge in [0.2, 0.25) is 5.91 Å². The number of carbonyl (C=O) groups excluding carboxylic acids is 2. The van der Waals surface area contributed by atoms with Gasteiger partial charge >= 0.3 is 0 Å². The Labute approximate surface area is 157 Å². The van der Waals surface area contributed by atoms with Crippen LogP contribution >= 0.6 is 0 Å². The van der Waals surface area contributed by atoms with Gasteiger partial charge in [-0.15, -0.1) is 0 Å². The molecule has 1 aliphatic rings. The highest BCUT2D eigenvalue weighted by atomic mass is 19.1. The zero-order valence-electron chi connectivity index (χ0n) is 15.0. The Morgan fingerprint density at radius 3 is 2.78 bits per heavy atom. The number of nitrogens with zero attached hydrogens (tertiary/aromatic N) is 1. The number of furan rings is 1. The summed E-state index contributed by atoms with van der Waals surface area (Å²) in [7, 11) is 0. The summed E-state index contributed by atoms with van der Waals surface area (Å²) < 4.78 is 23.5. The van der Waals surface area contributed by atoms with Gasteiger partial charge in [-0.2, -0.15) is 0 Å². The summed E-state index contributed by atoms with van der Waals surface area (Å²) in [5.41, 5.74) is 0. The number of carbonyl (C=O) groups is 2. The zero-order chi connectivity index (χ0) is 19.1. The number of halogens is 1. The molecule has 1 aromatic heterocycles. The lowest BCUT2D eigenvalue weighted by Crippen LogP contribution is -2.46. The molecule has 1 saturated heterocycles. The van der Waals surface area contributed by atoms with Crippen molar-refractivity contribution in [1.82, 2.24) is 10.2 Å². The van der Waals surface area contributed by atoms with Crippen molar-refractivity contribution in [2.75, 3.05) is 19.7 Å². The number of hydrogen-bond acceptors (Lipinski definition) is 4. The molecule has 6 nitrogen and oxygen atoms in total. The molecule has 2 heterocycles. The molecule has 2 aromatic rings. The first-order valence-electron chi connectivity index (χ1n) is 9.16. The van der Waals surface area contributed by atoms with Gasteiger partial charge in [0.05, 0.1) is 12.9 Å². The number of ether oxygens (including phenoxy) is 1. The molecule has 1 unspecified atom stereocenters. The Hall–Kier alpha value is -2.83. The Morgan fingerprint density at radius 2 is 2.04 bits per heavy atom. The molecule has 1 N–H and O–H groups in total. The third-order valence-electron chi connectivity index (χ3n) is 4.50. The first-order valence-corrected chi connectivity index (χ1v) is 9.16. The van der Waals surface area contributed by atoms with Crippen molar-refractivity contribution in [3.8, 4) is 5.75 Å². The van der Waals surface area contributed by atoms with E-state index in [9.17, 15) is 14.0 Å². The van der Waals surface area contributed by atoms with Crippen LogP contribution in [0.1, 0.15) is 36.2 Å². The van der Waals surface area contributed by atoms with Gasteiger partial charge in [0.15, 0.2) is 5.76 Å². The topological polar surface area (TPSA) is 71.8 Å². The molecule has 27 heavy (non-hydrogen) atoms. The van der Waals surface area contributed by atoms with E-state index < -0.39 is 6.04 Å². The number of hydrogen-bond donors (Lipinski definition) is 1. The minimum atomic E-state index is -0.446. The van der Waals surface area contributed by atoms with Crippen LogP contribution in [0.5, 0.6) is 5.75 Å². The van der Waals surface area contributed by atoms with Crippen LogP contribution in [-0.4, -0.2) is 42.5 Å². The van der Waals surface area contributed by atoms with Crippen molar-refractivity contribution in [3.63, 3.8) is 0 Å². The van der Waals surface area contributed by atoms with E-state index in [1.807, 2.05) is 0 Å². The first kappa shape index (κ1) is 18.9. The summed E-state index contributed by atoms with van der Waals surface area (Å²) in [6.07, 6.45) is 4.43. The molecule has 1 aromatic carbocycles. The highest BCUT2D eigenvalue weighted by Crippen LogP contribution is 2.20. The van der Waals surface area contributed by atoms with E-state index in [2.05, 4.69) is 5.32 Å². The summed E-state index contributed by atoms with van der Waals surface area (Å²) in [5.74, 6) is 0.208. The van der Waals surface area contributed by atoms with E-state index in [1.165, 1.54) is 18.4 Å². The van der Waals surface area contributed by atoms with Gasteiger partial charge < -0.3 is 19.4 Å². The number of rotatable bonds is 8. The van der Waals surface area contributed by atoms with Crippen molar-refractivity contribution >= 4 is 11.8 Å². The van der Waals surface area contributed by atoms with Crippen LogP contribution in [0.25, 0.3) is 0 Å². The lowest BCUT2D eigenvalue weighted by molar-refractivity contribution is -0.124. The zero-order valence-corrected chi connectivity index (χ0v) is 15.0. The fourth-order valence-electron chi connectivity index (χ4n) is 3.10. The van der Waals surface area contributed by atoms with Crippen LogP contribution in [0.2, 0.25) is 0 Å². The quantitative estimate of drug-likeness (QED) is 0.721. The number of unbranched alkanes of at least 4 members (excludes halogenated alkanes) is 1. The summed E-state index contributed by atoms with van der Waals surface area (Å²) in [6.45, 7) is 1.57. The summed E-state index contributed by atoms with van der Waals surface area (Å²) in [6, 6.07) is 8.70. The van der Waals surface area contributed by atoms with Gasteiger partial charge in [0, 0.05) is 13.1 Å². The van der Waals surface area contributed by atoms with Crippen LogP contribution in [0.3, 0.4) is 0 Å². The SMILES string of the molecule is O=C(NCCCCOc1ccc(F)cc1)C1CCCN1C(=O)c1ccco1. The molecule has 2 amide bonds. The standard InChI is InChI=1S/C20H23FN2O4/c21-15-7-9-16(10-8-15)26-13-2-1-11-22-19(24)17-5-3-12-23(17)20(25)18-6-4-14-27-18/h4,6-10,14,17H,1-3,5,11-13H2,(H,22,24). The largest absolute Gasteiger partial charge is 0.494 e. The van der Waals surface area contributed by atoms with Crippen LogP contribution in [0.15, 0.2) is 47.1 Å². The maximum absolute atomic E-state index is 12.8. The van der Waals surface area contributed by atoms with E-state index in [4.69, 9.17) is 9.15 Å². The second-order valence-corrected chi connectivity index (χ2v) is 6.43. The van der Waals surface area contributed by atoms with Gasteiger partial charge in [0.1, 0.15) is 17.6 Å². The molecule has 3 rings (SSSR count). The molecule has 144 valence electrons. The molecular weight excluding hydrogens is 351 g/mol. The molecule has 0 radical (unpaired) electrons. The van der Waals surface area contributed by atoms with Gasteiger partial charge in [-0.05, 0) is 62.1 Å². The van der Waals surface area contributed by atoms with Gasteiger partial charge in [0.25, 0.3) is 5.91 Å². The van der Waals surface area contributed by atoms with Gasteiger partial charge in [-0.3, -0.25) is 9.59 Å². The number of amides is 2. The van der Waals surface area contributed by atoms with Crippen LogP contribution in [0, 0.1) is 5.82 Å². The number of likely N-dealkylation sites (tertiary alicyclic amines) is 1. The van der Waals surface area contributed by atoms with Crippen molar-refractivity contribution in [2.45, 2.75) is 31.7 Å². The van der Waals surface area contributed by atoms with Gasteiger partial charge in [-0.25, -0.2) is 4.39 Å². The normalized spacial score (nSPS) is 16.3. The third-order valence-corrected chi connectivity index (χ3v) is 4.50. The maximum atomic E-state index is 12.8. The predicted octanol–water partition coefficient (Wildman–Crippen LogP) is 3.00. The average molecular weight is 374 g/mol. The average Bonchev–Trinajstić information content (AvgIpc) is 3.37. The van der Waals surface area contributed by atoms with Crippen LogP contribution < -0.4 is 10.1 Å². The molecule has 0 bridgehead atoms. The Balaban J connectivity index is 1.36. The second-order valence-electron chi connectivity index (χ2n) is 6.43. The van der Waals surface area contributed by atoms with E-state index in [0.29, 0.717) is 31.9 Å². The van der Waals surface area contributed by atoms with E-state index in [-0.39, 0.29) is 23.4 Å². The predicted molar refractivity (Wildman–Crippen MR) is 96.9 cm³/mol. The summed E-state index contributed by atoms with van der Waals surface area (Å²) in [5, 5.41) is 2.89. The molecule has 1 aliphatic heterocycles. The number of benzene rings is 1. The molecule has 0 spiro atoms. The minimum Gasteiger partial charge on any atom is -0.494 e. The van der Waals surface area contributed by atoms with E-state index >= 15 is 0 Å². The second kappa shape index (κ2) is 9.21. The Kier molecular flexibility index (Phi) is 6.46. The van der Waals surface area contributed by atoms with E-state index in [1.54, 1.807) is 29.2 Å². The fourth-order valence-corrected chi connectivity index (χ4v) is 3.10. The summed E-state index contributed by atoms with van der Waals surface area (Å²) in [4.78, 5) is 26.4. The molecule has 7 heteroatoms. The van der Waals surface area contributed by atoms with Crippen LogP contribution in [0.4, 0.5) is 4.39 Å². The highest BCUT2D eigenvalue weighted by Gasteiger charge is 2.35. The number of nitrogens with one attached hydrogen (secondary N) is 1. The minimum absolute atomic E-state index is 0.133. The lowest BCUT2D eigenvalue weighted by Gasteiger charge is -2.23. The highest BCUT2D eigenvalue weighted by molar-refractivity contribution is 5.95. The molecule has 0 aliphatic carbocycles. The van der Waals surface area contributed by atoms with Crippen molar-refractivity contribution in [1.29, 1.82) is 0 Å². The smallest absolute Gasteiger partial charge is 0.290 e. The van der Waals surface area contributed by atoms with Crippen molar-refractivity contribution < 1.29 is 23.1 Å². The van der Waals surface area contributed by atoms with Crippen LogP contribution in [-0.2, 0) is 4.79 Å².